The quantitative estimate of drug-likeness (QED) is 0.401. The maximum atomic E-state index is 12.7. The number of hydrogen-bond donors (Lipinski definition) is 1. The van der Waals surface area contributed by atoms with Crippen LogP contribution in [0.25, 0.3) is 0 Å². The molecule has 158 valence electrons. The van der Waals surface area contributed by atoms with E-state index in [0.29, 0.717) is 13.0 Å². The predicted octanol–water partition coefficient (Wildman–Crippen LogP) is 6.36. The van der Waals surface area contributed by atoms with E-state index >= 15 is 0 Å². The van der Waals surface area contributed by atoms with Crippen LogP contribution in [0.15, 0.2) is 65.1 Å². The minimum atomic E-state index is -4.29. The van der Waals surface area contributed by atoms with Crippen LogP contribution in [0, 0.1) is 0 Å². The first-order chi connectivity index (χ1) is 13.8. The highest BCUT2D eigenvalue weighted by atomic mass is 19.4. The molecule has 2 nitrogen and oxygen atoms in total. The zero-order chi connectivity index (χ0) is 21.3. The van der Waals surface area contributed by atoms with Gasteiger partial charge in [0.15, 0.2) is 0 Å². The van der Waals surface area contributed by atoms with Gasteiger partial charge in [-0.3, -0.25) is 0 Å². The molecule has 0 amide bonds. The van der Waals surface area contributed by atoms with Crippen molar-refractivity contribution in [2.45, 2.75) is 58.7 Å². The van der Waals surface area contributed by atoms with E-state index in [9.17, 15) is 13.2 Å². The Labute approximate surface area is 171 Å². The molecule has 1 aromatic rings. The Balaban J connectivity index is 1.98. The van der Waals surface area contributed by atoms with Gasteiger partial charge in [0.05, 0.1) is 18.8 Å². The van der Waals surface area contributed by atoms with E-state index in [-0.39, 0.29) is 6.04 Å². The molecule has 1 N–H and O–H groups in total. The summed E-state index contributed by atoms with van der Waals surface area (Å²) >= 11 is 0. The van der Waals surface area contributed by atoms with Gasteiger partial charge in [-0.25, -0.2) is 0 Å². The Hall–Kier alpha value is -2.23. The SMILES string of the molecule is C/C=C(\C=C=C1CCOC1)C(C)NC(=CCC)CCc1ccc(C(F)(F)F)cc1. The summed E-state index contributed by atoms with van der Waals surface area (Å²) in [6, 6.07) is 5.54. The van der Waals surface area contributed by atoms with Crippen LogP contribution < -0.4 is 5.32 Å². The first kappa shape index (κ1) is 23.1. The molecule has 2 rings (SSSR count). The molecule has 29 heavy (non-hydrogen) atoms. The third kappa shape index (κ3) is 7.60. The van der Waals surface area contributed by atoms with E-state index < -0.39 is 11.7 Å². The zero-order valence-corrected chi connectivity index (χ0v) is 17.4. The first-order valence-electron chi connectivity index (χ1n) is 10.1. The number of allylic oxidation sites excluding steroid dienone is 3. The number of rotatable bonds is 8. The number of benzene rings is 1. The van der Waals surface area contributed by atoms with Gasteiger partial charge in [0.1, 0.15) is 0 Å². The Morgan fingerprint density at radius 1 is 1.28 bits per heavy atom. The molecule has 5 heteroatoms. The van der Waals surface area contributed by atoms with Crippen molar-refractivity contribution in [2.24, 2.45) is 0 Å². The van der Waals surface area contributed by atoms with Crippen molar-refractivity contribution >= 4 is 0 Å². The van der Waals surface area contributed by atoms with Crippen LogP contribution in [0.3, 0.4) is 0 Å². The summed E-state index contributed by atoms with van der Waals surface area (Å²) in [6.45, 7) is 7.61. The minimum Gasteiger partial charge on any atom is -0.382 e. The van der Waals surface area contributed by atoms with Crippen LogP contribution in [0.5, 0.6) is 0 Å². The summed E-state index contributed by atoms with van der Waals surface area (Å²) in [6.07, 6.45) is 5.20. The van der Waals surface area contributed by atoms with Crippen molar-refractivity contribution in [1.29, 1.82) is 0 Å². The molecular weight excluding hydrogens is 375 g/mol. The van der Waals surface area contributed by atoms with Crippen molar-refractivity contribution in [3.63, 3.8) is 0 Å². The molecule has 1 fully saturated rings. The maximum Gasteiger partial charge on any atom is 0.416 e. The Kier molecular flexibility index (Phi) is 8.81. The number of alkyl halides is 3. The van der Waals surface area contributed by atoms with Gasteiger partial charge in [0.25, 0.3) is 0 Å². The second kappa shape index (κ2) is 11.1. The third-order valence-electron chi connectivity index (χ3n) is 4.92. The van der Waals surface area contributed by atoms with Gasteiger partial charge >= 0.3 is 6.18 Å². The van der Waals surface area contributed by atoms with Gasteiger partial charge in [0.2, 0.25) is 0 Å². The lowest BCUT2D eigenvalue weighted by atomic mass is 10.0. The summed E-state index contributed by atoms with van der Waals surface area (Å²) in [5.41, 5.74) is 7.05. The van der Waals surface area contributed by atoms with E-state index in [1.807, 2.05) is 13.0 Å². The molecule has 1 aliphatic rings. The molecule has 1 saturated heterocycles. The Bertz CT molecular complexity index is 773. The van der Waals surface area contributed by atoms with Crippen LogP contribution in [0.4, 0.5) is 13.2 Å². The maximum absolute atomic E-state index is 12.7. The van der Waals surface area contributed by atoms with E-state index in [2.05, 4.69) is 37.0 Å². The number of halogens is 3. The van der Waals surface area contributed by atoms with Gasteiger partial charge < -0.3 is 10.1 Å². The molecule has 1 aromatic carbocycles. The summed E-state index contributed by atoms with van der Waals surface area (Å²) in [5.74, 6) is 0. The third-order valence-corrected chi connectivity index (χ3v) is 4.92. The van der Waals surface area contributed by atoms with Gasteiger partial charge in [0, 0.05) is 18.2 Å². The number of aryl methyl sites for hydroxylation is 1. The van der Waals surface area contributed by atoms with Crippen molar-refractivity contribution in [1.82, 2.24) is 5.32 Å². The number of hydrogen-bond acceptors (Lipinski definition) is 2. The minimum absolute atomic E-state index is 0.112. The predicted molar refractivity (Wildman–Crippen MR) is 112 cm³/mol. The summed E-state index contributed by atoms with van der Waals surface area (Å²) in [7, 11) is 0. The normalized spacial score (nSPS) is 16.6. The van der Waals surface area contributed by atoms with Crippen molar-refractivity contribution in [3.8, 4) is 0 Å². The van der Waals surface area contributed by atoms with Crippen LogP contribution in [-0.2, 0) is 17.3 Å². The van der Waals surface area contributed by atoms with Crippen molar-refractivity contribution in [2.75, 3.05) is 13.2 Å². The smallest absolute Gasteiger partial charge is 0.382 e. The molecule has 0 radical (unpaired) electrons. The highest BCUT2D eigenvalue weighted by Crippen LogP contribution is 2.29. The summed E-state index contributed by atoms with van der Waals surface area (Å²) in [4.78, 5) is 0. The lowest BCUT2D eigenvalue weighted by Crippen LogP contribution is -2.27. The van der Waals surface area contributed by atoms with Gasteiger partial charge in [-0.1, -0.05) is 31.2 Å². The number of nitrogens with one attached hydrogen (secondary N) is 1. The topological polar surface area (TPSA) is 21.3 Å². The van der Waals surface area contributed by atoms with Gasteiger partial charge in [-0.15, -0.1) is 5.73 Å². The summed E-state index contributed by atoms with van der Waals surface area (Å²) in [5, 5.41) is 3.55. The molecule has 1 aliphatic heterocycles. The van der Waals surface area contributed by atoms with E-state index in [0.717, 1.165) is 54.8 Å². The monoisotopic (exact) mass is 405 g/mol. The molecule has 0 spiro atoms. The highest BCUT2D eigenvalue weighted by molar-refractivity contribution is 5.28. The van der Waals surface area contributed by atoms with Gasteiger partial charge in [-0.2, -0.15) is 13.2 Å². The standard InChI is InChI=1S/C24H30F3NO/c1-4-6-23(14-10-19-8-12-22(13-9-19)24(25,26)27)28-18(3)21(5-2)11-7-20-15-16-29-17-20/h5-6,8-9,11-13,18,28H,4,10,14-17H2,1-3H3/b21-5+,23-6?. The molecule has 0 saturated carbocycles. The lowest BCUT2D eigenvalue weighted by molar-refractivity contribution is -0.137. The van der Waals surface area contributed by atoms with Crippen LogP contribution in [-0.4, -0.2) is 19.3 Å². The van der Waals surface area contributed by atoms with E-state index in [1.165, 1.54) is 5.57 Å². The molecule has 0 aliphatic carbocycles. The fraction of sp³-hybridized carbons (Fsp3) is 0.458. The average Bonchev–Trinajstić information content (AvgIpc) is 3.20. The Morgan fingerprint density at radius 3 is 2.55 bits per heavy atom. The average molecular weight is 406 g/mol. The second-order valence-electron chi connectivity index (χ2n) is 7.18. The molecular formula is C24H30F3NO. The molecule has 0 bridgehead atoms. The summed E-state index contributed by atoms with van der Waals surface area (Å²) < 4.78 is 43.5. The number of ether oxygens (including phenoxy) is 1. The molecule has 0 aromatic heterocycles. The molecule has 1 unspecified atom stereocenters. The van der Waals surface area contributed by atoms with E-state index in [4.69, 9.17) is 4.74 Å². The Morgan fingerprint density at radius 2 is 2.00 bits per heavy atom. The highest BCUT2D eigenvalue weighted by Gasteiger charge is 2.29. The van der Waals surface area contributed by atoms with Crippen molar-refractivity contribution < 1.29 is 17.9 Å². The lowest BCUT2D eigenvalue weighted by Gasteiger charge is -2.19. The van der Waals surface area contributed by atoms with Crippen molar-refractivity contribution in [3.05, 3.63) is 76.2 Å². The second-order valence-corrected chi connectivity index (χ2v) is 7.18. The van der Waals surface area contributed by atoms with Crippen LogP contribution in [0.2, 0.25) is 0 Å². The fourth-order valence-electron chi connectivity index (χ4n) is 3.20. The largest absolute Gasteiger partial charge is 0.416 e. The van der Waals surface area contributed by atoms with Gasteiger partial charge in [-0.05, 0) is 68.0 Å². The van der Waals surface area contributed by atoms with E-state index in [1.54, 1.807) is 12.1 Å². The van der Waals surface area contributed by atoms with Crippen LogP contribution in [0.1, 0.15) is 51.2 Å². The van der Waals surface area contributed by atoms with Crippen LogP contribution >= 0.6 is 0 Å². The molecule has 1 atom stereocenters. The zero-order valence-electron chi connectivity index (χ0n) is 17.4. The fourth-order valence-corrected chi connectivity index (χ4v) is 3.20. The first-order valence-corrected chi connectivity index (χ1v) is 10.1. The molecule has 1 heterocycles.